The van der Waals surface area contributed by atoms with E-state index in [0.29, 0.717) is 12.3 Å². The van der Waals surface area contributed by atoms with Crippen molar-refractivity contribution < 1.29 is 9.53 Å². The van der Waals surface area contributed by atoms with Gasteiger partial charge in [0.1, 0.15) is 5.75 Å². The zero-order valence-electron chi connectivity index (χ0n) is 15.2. The summed E-state index contributed by atoms with van der Waals surface area (Å²) in [6, 6.07) is 21.7. The summed E-state index contributed by atoms with van der Waals surface area (Å²) in [5, 5.41) is 5.95. The van der Waals surface area contributed by atoms with Crippen LogP contribution < -0.4 is 10.1 Å². The minimum Gasteiger partial charge on any atom is -0.481 e. The van der Waals surface area contributed by atoms with Crippen LogP contribution in [-0.4, -0.2) is 24.3 Å². The molecule has 3 aromatic carbocycles. The minimum absolute atomic E-state index is 0.110. The number of halogens is 1. The van der Waals surface area contributed by atoms with Crippen LogP contribution in [0.4, 0.5) is 0 Å². The van der Waals surface area contributed by atoms with Crippen molar-refractivity contribution in [1.82, 2.24) is 5.32 Å². The molecule has 0 radical (unpaired) electrons. The molecule has 0 aliphatic carbocycles. The maximum Gasteiger partial charge on any atom is 0.260 e. The van der Waals surface area contributed by atoms with Crippen LogP contribution in [0.15, 0.2) is 66.7 Å². The molecule has 0 aliphatic heterocycles. The molecule has 0 fully saturated rings. The lowest BCUT2D eigenvalue weighted by molar-refractivity contribution is -0.127. The lowest BCUT2D eigenvalue weighted by Crippen LogP contribution is -2.37. The van der Waals surface area contributed by atoms with Gasteiger partial charge in [-0.2, -0.15) is 11.8 Å². The first-order chi connectivity index (χ1) is 13.1. The molecule has 3 rings (SSSR count). The Morgan fingerprint density at radius 2 is 1.81 bits per heavy atom. The highest BCUT2D eigenvalue weighted by Gasteiger charge is 2.14. The topological polar surface area (TPSA) is 38.3 Å². The fourth-order valence-electron chi connectivity index (χ4n) is 2.69. The molecule has 1 N–H and O–H groups in total. The molecular formula is C22H22ClNO2S. The molecule has 1 amide bonds. The van der Waals surface area contributed by atoms with Gasteiger partial charge in [-0.3, -0.25) is 4.79 Å². The maximum atomic E-state index is 12.2. The van der Waals surface area contributed by atoms with Crippen molar-refractivity contribution in [3.8, 4) is 5.75 Å². The van der Waals surface area contributed by atoms with E-state index >= 15 is 0 Å². The fraction of sp³-hybridized carbons (Fsp3) is 0.227. The van der Waals surface area contributed by atoms with Gasteiger partial charge < -0.3 is 10.1 Å². The molecule has 1 unspecified atom stereocenters. The predicted octanol–water partition coefficient (Wildman–Crippen LogP) is 5.31. The molecule has 0 saturated carbocycles. The maximum absolute atomic E-state index is 12.2. The first-order valence-corrected chi connectivity index (χ1v) is 10.4. The van der Waals surface area contributed by atoms with E-state index in [1.807, 2.05) is 60.7 Å². The number of carbonyl (C=O) groups excluding carboxylic acids is 1. The summed E-state index contributed by atoms with van der Waals surface area (Å²) in [5.74, 6) is 2.24. The van der Waals surface area contributed by atoms with E-state index in [1.165, 1.54) is 0 Å². The average molecular weight is 400 g/mol. The standard InChI is InChI=1S/C22H22ClNO2S/c1-16(26-20-11-10-17-6-2-3-7-18(17)14-20)22(25)24-12-13-27-15-19-8-4-5-9-21(19)23/h2-11,14,16H,12-13,15H2,1H3,(H,24,25). The average Bonchev–Trinajstić information content (AvgIpc) is 2.68. The Labute approximate surface area is 169 Å². The number of benzene rings is 3. The fourth-order valence-corrected chi connectivity index (χ4v) is 3.83. The van der Waals surface area contributed by atoms with Crippen molar-refractivity contribution in [3.63, 3.8) is 0 Å². The Kier molecular flexibility index (Phi) is 7.02. The highest BCUT2D eigenvalue weighted by Crippen LogP contribution is 2.22. The third-order valence-electron chi connectivity index (χ3n) is 4.16. The number of nitrogens with one attached hydrogen (secondary N) is 1. The summed E-state index contributed by atoms with van der Waals surface area (Å²) in [7, 11) is 0. The van der Waals surface area contributed by atoms with Gasteiger partial charge in [0.15, 0.2) is 6.10 Å². The van der Waals surface area contributed by atoms with Crippen LogP contribution in [0.25, 0.3) is 10.8 Å². The van der Waals surface area contributed by atoms with Gasteiger partial charge >= 0.3 is 0 Å². The largest absolute Gasteiger partial charge is 0.481 e. The molecule has 0 aliphatic rings. The van der Waals surface area contributed by atoms with Crippen molar-refractivity contribution in [1.29, 1.82) is 0 Å². The van der Waals surface area contributed by atoms with Crippen molar-refractivity contribution in [2.45, 2.75) is 18.8 Å². The number of amides is 1. The molecule has 140 valence electrons. The third kappa shape index (κ3) is 5.65. The number of rotatable bonds is 8. The molecule has 0 saturated heterocycles. The van der Waals surface area contributed by atoms with E-state index in [1.54, 1.807) is 18.7 Å². The van der Waals surface area contributed by atoms with Gasteiger partial charge in [0.2, 0.25) is 0 Å². The summed E-state index contributed by atoms with van der Waals surface area (Å²) < 4.78 is 5.79. The van der Waals surface area contributed by atoms with Gasteiger partial charge in [-0.15, -0.1) is 0 Å². The Morgan fingerprint density at radius 1 is 1.07 bits per heavy atom. The van der Waals surface area contributed by atoms with E-state index in [4.69, 9.17) is 16.3 Å². The monoisotopic (exact) mass is 399 g/mol. The van der Waals surface area contributed by atoms with E-state index in [9.17, 15) is 4.79 Å². The Bertz CT molecular complexity index is 915. The zero-order chi connectivity index (χ0) is 19.1. The molecule has 0 aromatic heterocycles. The SMILES string of the molecule is CC(Oc1ccc2ccccc2c1)C(=O)NCCSCc1ccccc1Cl. The van der Waals surface area contributed by atoms with Gasteiger partial charge in [-0.05, 0) is 41.5 Å². The van der Waals surface area contributed by atoms with E-state index < -0.39 is 6.10 Å². The van der Waals surface area contributed by atoms with Crippen molar-refractivity contribution in [2.75, 3.05) is 12.3 Å². The van der Waals surface area contributed by atoms with Gasteiger partial charge in [0.25, 0.3) is 5.91 Å². The van der Waals surface area contributed by atoms with Gasteiger partial charge in [0.05, 0.1) is 0 Å². The number of ether oxygens (including phenoxy) is 1. The van der Waals surface area contributed by atoms with Crippen molar-refractivity contribution >= 4 is 40.0 Å². The summed E-state index contributed by atoms with van der Waals surface area (Å²) >= 11 is 7.88. The second-order valence-corrected chi connectivity index (χ2v) is 7.72. The zero-order valence-corrected chi connectivity index (χ0v) is 16.7. The van der Waals surface area contributed by atoms with E-state index in [0.717, 1.165) is 32.9 Å². The van der Waals surface area contributed by atoms with Crippen LogP contribution in [0.1, 0.15) is 12.5 Å². The van der Waals surface area contributed by atoms with Crippen molar-refractivity contribution in [3.05, 3.63) is 77.3 Å². The number of hydrogen-bond acceptors (Lipinski definition) is 3. The Morgan fingerprint density at radius 3 is 2.63 bits per heavy atom. The molecule has 0 bridgehead atoms. The highest BCUT2D eigenvalue weighted by molar-refractivity contribution is 7.98. The van der Waals surface area contributed by atoms with Crippen LogP contribution >= 0.6 is 23.4 Å². The van der Waals surface area contributed by atoms with Crippen molar-refractivity contribution in [2.24, 2.45) is 0 Å². The lowest BCUT2D eigenvalue weighted by Gasteiger charge is -2.15. The predicted molar refractivity (Wildman–Crippen MR) is 115 cm³/mol. The third-order valence-corrected chi connectivity index (χ3v) is 5.54. The Hall–Kier alpha value is -2.17. The number of fused-ring (bicyclic) bond motifs is 1. The first-order valence-electron chi connectivity index (χ1n) is 8.88. The van der Waals surface area contributed by atoms with Gasteiger partial charge in [0, 0.05) is 23.1 Å². The molecule has 0 spiro atoms. The van der Waals surface area contributed by atoms with E-state index in [-0.39, 0.29) is 5.91 Å². The molecule has 5 heteroatoms. The molecule has 1 atom stereocenters. The molecular weight excluding hydrogens is 378 g/mol. The second-order valence-electron chi connectivity index (χ2n) is 6.20. The summed E-state index contributed by atoms with van der Waals surface area (Å²) in [5.41, 5.74) is 1.11. The first kappa shape index (κ1) is 19.6. The molecule has 3 aromatic rings. The smallest absolute Gasteiger partial charge is 0.260 e. The minimum atomic E-state index is -0.542. The van der Waals surface area contributed by atoms with Gasteiger partial charge in [-0.1, -0.05) is 60.1 Å². The Balaban J connectivity index is 1.41. The number of hydrogen-bond donors (Lipinski definition) is 1. The molecule has 0 heterocycles. The van der Waals surface area contributed by atoms with Gasteiger partial charge in [-0.25, -0.2) is 0 Å². The second kappa shape index (κ2) is 9.67. The van der Waals surface area contributed by atoms with E-state index in [2.05, 4.69) is 11.4 Å². The van der Waals surface area contributed by atoms with Crippen LogP contribution in [0, 0.1) is 0 Å². The normalized spacial score (nSPS) is 11.9. The molecule has 3 nitrogen and oxygen atoms in total. The quantitative estimate of drug-likeness (QED) is 0.521. The summed E-state index contributed by atoms with van der Waals surface area (Å²) in [4.78, 5) is 12.2. The number of carbonyl (C=O) groups is 1. The molecule has 27 heavy (non-hydrogen) atoms. The lowest BCUT2D eigenvalue weighted by atomic mass is 10.1. The summed E-state index contributed by atoms with van der Waals surface area (Å²) in [6.07, 6.45) is -0.542. The van der Waals surface area contributed by atoms with Crippen LogP contribution in [0.2, 0.25) is 5.02 Å². The van der Waals surface area contributed by atoms with Crippen LogP contribution in [0.3, 0.4) is 0 Å². The van der Waals surface area contributed by atoms with Crippen LogP contribution in [-0.2, 0) is 10.5 Å². The summed E-state index contributed by atoms with van der Waals surface area (Å²) in [6.45, 7) is 2.36. The number of thioether (sulfide) groups is 1. The highest BCUT2D eigenvalue weighted by atomic mass is 35.5. The van der Waals surface area contributed by atoms with Crippen LogP contribution in [0.5, 0.6) is 5.75 Å².